The Hall–Kier alpha value is -1.91. The van der Waals surface area contributed by atoms with Crippen LogP contribution in [-0.4, -0.2) is 35.8 Å². The number of benzene rings is 1. The van der Waals surface area contributed by atoms with E-state index < -0.39 is 0 Å². The summed E-state index contributed by atoms with van der Waals surface area (Å²) in [5, 5.41) is 2.84. The Morgan fingerprint density at radius 1 is 1.48 bits per heavy atom. The van der Waals surface area contributed by atoms with E-state index in [1.54, 1.807) is 17.9 Å². The van der Waals surface area contributed by atoms with E-state index >= 15 is 0 Å². The molecule has 1 aromatic rings. The van der Waals surface area contributed by atoms with Crippen LogP contribution in [0.15, 0.2) is 24.3 Å². The van der Waals surface area contributed by atoms with Gasteiger partial charge in [-0.05, 0) is 30.5 Å². The van der Waals surface area contributed by atoms with Crippen LogP contribution in [0, 0.1) is 5.82 Å². The maximum Gasteiger partial charge on any atom is 0.222 e. The molecule has 0 unspecified atom stereocenters. The van der Waals surface area contributed by atoms with E-state index in [9.17, 15) is 14.0 Å². The van der Waals surface area contributed by atoms with Crippen LogP contribution in [0.1, 0.15) is 31.7 Å². The van der Waals surface area contributed by atoms with E-state index in [0.29, 0.717) is 32.4 Å². The highest BCUT2D eigenvalue weighted by Gasteiger charge is 2.28. The molecule has 1 aromatic carbocycles. The normalized spacial score (nSPS) is 16.1. The molecule has 0 saturated carbocycles. The van der Waals surface area contributed by atoms with Crippen molar-refractivity contribution in [2.45, 2.75) is 38.6 Å². The van der Waals surface area contributed by atoms with Crippen LogP contribution >= 0.6 is 0 Å². The van der Waals surface area contributed by atoms with Gasteiger partial charge in [-0.1, -0.05) is 19.1 Å². The first kappa shape index (κ1) is 15.5. The molecule has 0 radical (unpaired) electrons. The fourth-order valence-corrected chi connectivity index (χ4v) is 2.64. The summed E-state index contributed by atoms with van der Waals surface area (Å²) >= 11 is 0. The Morgan fingerprint density at radius 2 is 2.29 bits per heavy atom. The van der Waals surface area contributed by atoms with Gasteiger partial charge >= 0.3 is 0 Å². The van der Waals surface area contributed by atoms with Crippen LogP contribution in [0.2, 0.25) is 0 Å². The van der Waals surface area contributed by atoms with Gasteiger partial charge in [-0.25, -0.2) is 4.39 Å². The molecule has 0 aliphatic carbocycles. The molecule has 2 amide bonds. The second kappa shape index (κ2) is 7.20. The molecule has 5 heteroatoms. The number of nitrogens with zero attached hydrogens (tertiary/aromatic N) is 1. The molecule has 2 rings (SSSR count). The topological polar surface area (TPSA) is 49.4 Å². The van der Waals surface area contributed by atoms with Gasteiger partial charge in [-0.3, -0.25) is 9.59 Å². The fourth-order valence-electron chi connectivity index (χ4n) is 2.64. The van der Waals surface area contributed by atoms with Gasteiger partial charge in [0.2, 0.25) is 11.8 Å². The summed E-state index contributed by atoms with van der Waals surface area (Å²) < 4.78 is 13.3. The van der Waals surface area contributed by atoms with Gasteiger partial charge in [0.1, 0.15) is 5.82 Å². The summed E-state index contributed by atoms with van der Waals surface area (Å²) in [7, 11) is 0. The second-order valence-electron chi connectivity index (χ2n) is 5.34. The van der Waals surface area contributed by atoms with E-state index in [-0.39, 0.29) is 23.7 Å². The van der Waals surface area contributed by atoms with Gasteiger partial charge < -0.3 is 10.2 Å². The van der Waals surface area contributed by atoms with E-state index in [1.807, 2.05) is 6.07 Å². The van der Waals surface area contributed by atoms with Crippen molar-refractivity contribution in [3.8, 4) is 0 Å². The zero-order valence-corrected chi connectivity index (χ0v) is 12.3. The van der Waals surface area contributed by atoms with E-state index in [0.717, 1.165) is 12.0 Å². The van der Waals surface area contributed by atoms with E-state index in [1.165, 1.54) is 12.1 Å². The summed E-state index contributed by atoms with van der Waals surface area (Å²) in [6.45, 7) is 2.91. The van der Waals surface area contributed by atoms with Crippen molar-refractivity contribution in [2.75, 3.05) is 13.1 Å². The van der Waals surface area contributed by atoms with Crippen LogP contribution in [0.25, 0.3) is 0 Å². The molecule has 1 atom stereocenters. The monoisotopic (exact) mass is 292 g/mol. The molecule has 0 aromatic heterocycles. The molecular weight excluding hydrogens is 271 g/mol. The SMILES string of the molecule is CCC(=O)NC[C@@H](Cc1cccc(F)c1)N1CCCC1=O. The highest BCUT2D eigenvalue weighted by atomic mass is 19.1. The van der Waals surface area contributed by atoms with Crippen LogP contribution in [-0.2, 0) is 16.0 Å². The lowest BCUT2D eigenvalue weighted by molar-refractivity contribution is -0.130. The molecule has 4 nitrogen and oxygen atoms in total. The standard InChI is InChI=1S/C16H21FN2O2/c1-2-15(20)18-11-14(19-8-4-7-16(19)21)10-12-5-3-6-13(17)9-12/h3,5-6,9,14H,2,4,7-8,10-11H2,1H3,(H,18,20)/t14-/m1/s1. The molecule has 0 spiro atoms. The van der Waals surface area contributed by atoms with Crippen molar-refractivity contribution in [1.29, 1.82) is 0 Å². The third-order valence-electron chi connectivity index (χ3n) is 3.77. The number of hydrogen-bond acceptors (Lipinski definition) is 2. The highest BCUT2D eigenvalue weighted by molar-refractivity contribution is 5.79. The molecule has 1 fully saturated rings. The quantitative estimate of drug-likeness (QED) is 0.870. The van der Waals surface area contributed by atoms with Crippen molar-refractivity contribution >= 4 is 11.8 Å². The minimum absolute atomic E-state index is 0.0362. The smallest absolute Gasteiger partial charge is 0.222 e. The number of nitrogens with one attached hydrogen (secondary N) is 1. The van der Waals surface area contributed by atoms with Crippen molar-refractivity contribution in [3.63, 3.8) is 0 Å². The number of carbonyl (C=O) groups excluding carboxylic acids is 2. The minimum atomic E-state index is -0.281. The number of hydrogen-bond donors (Lipinski definition) is 1. The lowest BCUT2D eigenvalue weighted by atomic mass is 10.0. The van der Waals surface area contributed by atoms with Crippen LogP contribution in [0.3, 0.4) is 0 Å². The summed E-state index contributed by atoms with van der Waals surface area (Å²) in [4.78, 5) is 25.2. The Kier molecular flexibility index (Phi) is 5.31. The Bertz CT molecular complexity index is 519. The van der Waals surface area contributed by atoms with Crippen LogP contribution < -0.4 is 5.32 Å². The van der Waals surface area contributed by atoms with Crippen molar-refractivity contribution in [3.05, 3.63) is 35.6 Å². The number of carbonyl (C=O) groups is 2. The van der Waals surface area contributed by atoms with Crippen molar-refractivity contribution < 1.29 is 14.0 Å². The Labute approximate surface area is 124 Å². The molecule has 1 heterocycles. The van der Waals surface area contributed by atoms with Gasteiger partial charge in [0.25, 0.3) is 0 Å². The lowest BCUT2D eigenvalue weighted by Gasteiger charge is -2.28. The zero-order chi connectivity index (χ0) is 15.2. The average Bonchev–Trinajstić information content (AvgIpc) is 2.89. The first-order chi connectivity index (χ1) is 10.1. The fraction of sp³-hybridized carbons (Fsp3) is 0.500. The Balaban J connectivity index is 2.07. The molecule has 1 saturated heterocycles. The maximum atomic E-state index is 13.3. The molecule has 1 aliphatic rings. The predicted octanol–water partition coefficient (Wildman–Crippen LogP) is 1.89. The summed E-state index contributed by atoms with van der Waals surface area (Å²) in [6.07, 6.45) is 2.37. The molecule has 114 valence electrons. The highest BCUT2D eigenvalue weighted by Crippen LogP contribution is 2.17. The predicted molar refractivity (Wildman–Crippen MR) is 78.1 cm³/mol. The Morgan fingerprint density at radius 3 is 2.90 bits per heavy atom. The summed E-state index contributed by atoms with van der Waals surface area (Å²) in [5.41, 5.74) is 0.838. The molecule has 1 N–H and O–H groups in total. The number of amides is 2. The lowest BCUT2D eigenvalue weighted by Crippen LogP contribution is -2.45. The van der Waals surface area contributed by atoms with Crippen molar-refractivity contribution in [2.24, 2.45) is 0 Å². The summed E-state index contributed by atoms with van der Waals surface area (Å²) in [6, 6.07) is 6.28. The number of likely N-dealkylation sites (tertiary alicyclic amines) is 1. The zero-order valence-electron chi connectivity index (χ0n) is 12.3. The van der Waals surface area contributed by atoms with Crippen LogP contribution in [0.5, 0.6) is 0 Å². The van der Waals surface area contributed by atoms with Gasteiger partial charge in [0, 0.05) is 25.9 Å². The number of rotatable bonds is 6. The molecule has 0 bridgehead atoms. The molecular formula is C16H21FN2O2. The second-order valence-corrected chi connectivity index (χ2v) is 5.34. The maximum absolute atomic E-state index is 13.3. The van der Waals surface area contributed by atoms with E-state index in [4.69, 9.17) is 0 Å². The first-order valence-corrected chi connectivity index (χ1v) is 7.40. The van der Waals surface area contributed by atoms with Gasteiger partial charge in [0.15, 0.2) is 0 Å². The number of halogens is 1. The van der Waals surface area contributed by atoms with Gasteiger partial charge in [-0.2, -0.15) is 0 Å². The van der Waals surface area contributed by atoms with Crippen LogP contribution in [0.4, 0.5) is 4.39 Å². The molecule has 21 heavy (non-hydrogen) atoms. The minimum Gasteiger partial charge on any atom is -0.354 e. The molecule has 1 aliphatic heterocycles. The first-order valence-electron chi connectivity index (χ1n) is 7.40. The van der Waals surface area contributed by atoms with E-state index in [2.05, 4.69) is 5.32 Å². The third-order valence-corrected chi connectivity index (χ3v) is 3.77. The largest absolute Gasteiger partial charge is 0.354 e. The van der Waals surface area contributed by atoms with Gasteiger partial charge in [0.05, 0.1) is 6.04 Å². The summed E-state index contributed by atoms with van der Waals surface area (Å²) in [5.74, 6) is -0.204. The average molecular weight is 292 g/mol. The van der Waals surface area contributed by atoms with Crippen molar-refractivity contribution in [1.82, 2.24) is 10.2 Å². The third kappa shape index (κ3) is 4.28. The van der Waals surface area contributed by atoms with Gasteiger partial charge in [-0.15, -0.1) is 0 Å².